The van der Waals surface area contributed by atoms with Crippen LogP contribution in [-0.4, -0.2) is 30.8 Å². The van der Waals surface area contributed by atoms with Crippen molar-refractivity contribution in [2.45, 2.75) is 19.4 Å². The van der Waals surface area contributed by atoms with Crippen LogP contribution in [0.5, 0.6) is 0 Å². The number of thiocarbonyl (C=S) groups is 1. The number of ether oxygens (including phenoxy) is 1. The van der Waals surface area contributed by atoms with E-state index in [4.69, 9.17) is 22.7 Å². The fourth-order valence-corrected chi connectivity index (χ4v) is 2.41. The lowest BCUT2D eigenvalue weighted by Crippen LogP contribution is -2.43. The van der Waals surface area contributed by atoms with E-state index in [2.05, 4.69) is 11.8 Å². The van der Waals surface area contributed by atoms with Gasteiger partial charge in [0.1, 0.15) is 10.8 Å². The topological polar surface area (TPSA) is 38.5 Å². The van der Waals surface area contributed by atoms with Gasteiger partial charge in [0.25, 0.3) is 0 Å². The zero-order valence-corrected chi connectivity index (χ0v) is 11.2. The van der Waals surface area contributed by atoms with Crippen molar-refractivity contribution in [2.75, 3.05) is 24.6 Å². The Morgan fingerprint density at radius 2 is 2.39 bits per heavy atom. The molecule has 1 fully saturated rings. The Kier molecular flexibility index (Phi) is 4.14. The molecule has 0 spiro atoms. The molecule has 1 aliphatic rings. The quantitative estimate of drug-likeness (QED) is 0.852. The number of benzene rings is 1. The number of nitrogens with two attached hydrogens (primary N) is 1. The molecule has 5 heteroatoms. The van der Waals surface area contributed by atoms with Crippen LogP contribution in [0.2, 0.25) is 0 Å². The molecule has 1 heterocycles. The van der Waals surface area contributed by atoms with Crippen molar-refractivity contribution in [1.29, 1.82) is 0 Å². The maximum atomic E-state index is 13.8. The van der Waals surface area contributed by atoms with E-state index in [1.807, 2.05) is 6.07 Å². The van der Waals surface area contributed by atoms with Gasteiger partial charge in [-0.25, -0.2) is 4.39 Å². The van der Waals surface area contributed by atoms with E-state index >= 15 is 0 Å². The van der Waals surface area contributed by atoms with Crippen LogP contribution in [0.1, 0.15) is 18.9 Å². The highest BCUT2D eigenvalue weighted by atomic mass is 32.1. The van der Waals surface area contributed by atoms with Crippen molar-refractivity contribution in [2.24, 2.45) is 5.73 Å². The smallest absolute Gasteiger partial charge is 0.135 e. The van der Waals surface area contributed by atoms with Crippen LogP contribution in [0.25, 0.3) is 0 Å². The van der Waals surface area contributed by atoms with E-state index in [0.29, 0.717) is 12.2 Å². The first-order valence-corrected chi connectivity index (χ1v) is 6.49. The molecule has 0 aliphatic carbocycles. The van der Waals surface area contributed by atoms with Gasteiger partial charge in [-0.1, -0.05) is 25.2 Å². The molecule has 0 amide bonds. The fourth-order valence-electron chi connectivity index (χ4n) is 2.21. The lowest BCUT2D eigenvalue weighted by atomic mass is 10.1. The summed E-state index contributed by atoms with van der Waals surface area (Å²) in [6, 6.07) is 4.92. The minimum absolute atomic E-state index is 0.0997. The van der Waals surface area contributed by atoms with Gasteiger partial charge in [-0.2, -0.15) is 0 Å². The maximum Gasteiger partial charge on any atom is 0.135 e. The molecule has 1 aliphatic heterocycles. The summed E-state index contributed by atoms with van der Waals surface area (Å²) in [5, 5.41) is 0. The van der Waals surface area contributed by atoms with E-state index < -0.39 is 0 Å². The van der Waals surface area contributed by atoms with Crippen LogP contribution in [0, 0.1) is 5.82 Å². The molecule has 3 nitrogen and oxygen atoms in total. The molecular formula is C13H17FN2OS. The summed E-state index contributed by atoms with van der Waals surface area (Å²) in [5.74, 6) is -0.362. The molecule has 0 aromatic heterocycles. The van der Waals surface area contributed by atoms with Crippen LogP contribution < -0.4 is 10.6 Å². The lowest BCUT2D eigenvalue weighted by molar-refractivity contribution is 0.0384. The first-order valence-electron chi connectivity index (χ1n) is 6.08. The van der Waals surface area contributed by atoms with E-state index in [0.717, 1.165) is 25.2 Å². The fraction of sp³-hybridized carbons (Fsp3) is 0.462. The average molecular weight is 268 g/mol. The molecule has 1 aromatic carbocycles. The summed E-state index contributed by atoms with van der Waals surface area (Å²) in [4.78, 5) is 2.19. The van der Waals surface area contributed by atoms with Crippen molar-refractivity contribution in [1.82, 2.24) is 0 Å². The number of halogens is 1. The molecule has 1 unspecified atom stereocenters. The maximum absolute atomic E-state index is 13.8. The van der Waals surface area contributed by atoms with Crippen molar-refractivity contribution in [3.8, 4) is 0 Å². The number of morpholine rings is 1. The van der Waals surface area contributed by atoms with Crippen molar-refractivity contribution in [3.05, 3.63) is 29.6 Å². The zero-order valence-electron chi connectivity index (χ0n) is 10.4. The predicted molar refractivity (Wildman–Crippen MR) is 74.5 cm³/mol. The van der Waals surface area contributed by atoms with E-state index in [9.17, 15) is 4.39 Å². The van der Waals surface area contributed by atoms with Gasteiger partial charge in [-0.05, 0) is 18.6 Å². The Bertz CT molecular complexity index is 453. The Morgan fingerprint density at radius 3 is 3.06 bits per heavy atom. The molecular weight excluding hydrogens is 251 g/mol. The normalized spacial score (nSPS) is 19.9. The highest BCUT2D eigenvalue weighted by Gasteiger charge is 2.23. The van der Waals surface area contributed by atoms with Crippen LogP contribution in [0.4, 0.5) is 10.1 Å². The number of rotatable bonds is 3. The van der Waals surface area contributed by atoms with Crippen LogP contribution in [0.15, 0.2) is 18.2 Å². The van der Waals surface area contributed by atoms with Crippen molar-refractivity contribution in [3.63, 3.8) is 0 Å². The molecule has 1 saturated heterocycles. The van der Waals surface area contributed by atoms with Crippen LogP contribution >= 0.6 is 12.2 Å². The summed E-state index contributed by atoms with van der Waals surface area (Å²) in [6.45, 7) is 4.20. The first-order chi connectivity index (χ1) is 8.63. The van der Waals surface area contributed by atoms with Crippen LogP contribution in [0.3, 0.4) is 0 Å². The lowest BCUT2D eigenvalue weighted by Gasteiger charge is -2.35. The Morgan fingerprint density at radius 1 is 1.61 bits per heavy atom. The number of nitrogens with zero attached hydrogens (tertiary/aromatic N) is 1. The van der Waals surface area contributed by atoms with Gasteiger partial charge in [0.05, 0.1) is 24.0 Å². The monoisotopic (exact) mass is 268 g/mol. The summed E-state index contributed by atoms with van der Waals surface area (Å²) >= 11 is 4.94. The minimum atomic E-state index is -0.362. The summed E-state index contributed by atoms with van der Waals surface area (Å²) in [7, 11) is 0. The molecule has 98 valence electrons. The van der Waals surface area contributed by atoms with Crippen molar-refractivity contribution < 1.29 is 9.13 Å². The summed E-state index contributed by atoms with van der Waals surface area (Å²) in [5.41, 5.74) is 6.73. The van der Waals surface area contributed by atoms with Gasteiger partial charge in [-0.15, -0.1) is 0 Å². The highest BCUT2D eigenvalue weighted by Crippen LogP contribution is 2.25. The number of hydrogen-bond donors (Lipinski definition) is 1. The molecule has 2 N–H and O–H groups in total. The van der Waals surface area contributed by atoms with Crippen LogP contribution in [-0.2, 0) is 4.74 Å². The molecule has 0 saturated carbocycles. The van der Waals surface area contributed by atoms with Gasteiger partial charge in [0, 0.05) is 13.1 Å². The summed E-state index contributed by atoms with van der Waals surface area (Å²) < 4.78 is 19.4. The second kappa shape index (κ2) is 5.63. The molecule has 0 radical (unpaired) electrons. The molecule has 0 bridgehead atoms. The van der Waals surface area contributed by atoms with E-state index in [1.54, 1.807) is 6.07 Å². The second-order valence-electron chi connectivity index (χ2n) is 4.35. The average Bonchev–Trinajstić information content (AvgIpc) is 2.38. The second-order valence-corrected chi connectivity index (χ2v) is 4.79. The highest BCUT2D eigenvalue weighted by molar-refractivity contribution is 7.80. The predicted octanol–water partition coefficient (Wildman–Crippen LogP) is 2.08. The number of anilines is 1. The molecule has 1 atom stereocenters. The number of hydrogen-bond acceptors (Lipinski definition) is 3. The van der Waals surface area contributed by atoms with Gasteiger partial charge in [0.15, 0.2) is 0 Å². The molecule has 2 rings (SSSR count). The van der Waals surface area contributed by atoms with Gasteiger partial charge >= 0.3 is 0 Å². The zero-order chi connectivity index (χ0) is 13.1. The third-order valence-corrected chi connectivity index (χ3v) is 3.38. The molecule has 1 aromatic rings. The van der Waals surface area contributed by atoms with E-state index in [1.165, 1.54) is 6.07 Å². The first kappa shape index (κ1) is 13.2. The van der Waals surface area contributed by atoms with Crippen molar-refractivity contribution >= 4 is 22.9 Å². The third kappa shape index (κ3) is 2.62. The molecule has 18 heavy (non-hydrogen) atoms. The SMILES string of the molecule is CCC1CN(c2cccc(F)c2C(N)=S)CCO1. The minimum Gasteiger partial charge on any atom is -0.389 e. The standard InChI is InChI=1S/C13H17FN2OS/c1-2-9-8-16(6-7-17-9)11-5-3-4-10(14)12(11)13(15)18/h3-5,9H,2,6-8H2,1H3,(H2,15,18). The van der Waals surface area contributed by atoms with Gasteiger partial charge in [0.2, 0.25) is 0 Å². The Labute approximate surface area is 112 Å². The Hall–Kier alpha value is -1.20. The third-order valence-electron chi connectivity index (χ3n) is 3.17. The largest absolute Gasteiger partial charge is 0.389 e. The Balaban J connectivity index is 2.32. The van der Waals surface area contributed by atoms with Gasteiger partial charge < -0.3 is 15.4 Å². The van der Waals surface area contributed by atoms with E-state index in [-0.39, 0.29) is 16.9 Å². The summed E-state index contributed by atoms with van der Waals surface area (Å²) in [6.07, 6.45) is 1.12. The van der Waals surface area contributed by atoms with Gasteiger partial charge in [-0.3, -0.25) is 0 Å².